The van der Waals surface area contributed by atoms with Crippen LogP contribution in [-0.2, 0) is 26.2 Å². The van der Waals surface area contributed by atoms with Crippen LogP contribution in [-0.4, -0.2) is 44.3 Å². The van der Waals surface area contributed by atoms with E-state index in [1.54, 1.807) is 31.2 Å². The van der Waals surface area contributed by atoms with Gasteiger partial charge in [0, 0.05) is 17.6 Å². The minimum Gasteiger partial charge on any atom is -0.354 e. The van der Waals surface area contributed by atoms with Gasteiger partial charge in [-0.05, 0) is 74.2 Å². The van der Waals surface area contributed by atoms with E-state index in [1.807, 2.05) is 57.2 Å². The molecule has 0 saturated carbocycles. The molecule has 3 rings (SSSR count). The molecule has 9 heteroatoms. The zero-order valence-electron chi connectivity index (χ0n) is 22.1. The third-order valence-electron chi connectivity index (χ3n) is 6.20. The van der Waals surface area contributed by atoms with E-state index < -0.39 is 28.5 Å². The van der Waals surface area contributed by atoms with E-state index in [2.05, 4.69) is 21.2 Å². The summed E-state index contributed by atoms with van der Waals surface area (Å²) in [4.78, 5) is 28.4. The van der Waals surface area contributed by atoms with Crippen molar-refractivity contribution in [1.82, 2.24) is 10.2 Å². The lowest BCUT2D eigenvalue weighted by molar-refractivity contribution is -0.139. The smallest absolute Gasteiger partial charge is 0.264 e. The van der Waals surface area contributed by atoms with E-state index in [0.717, 1.165) is 31.9 Å². The van der Waals surface area contributed by atoms with Crippen LogP contribution in [0.1, 0.15) is 37.0 Å². The quantitative estimate of drug-likeness (QED) is 0.328. The number of carbonyl (C=O) groups excluding carboxylic acids is 2. The second kappa shape index (κ2) is 13.1. The molecule has 0 bridgehead atoms. The van der Waals surface area contributed by atoms with Crippen LogP contribution in [0.3, 0.4) is 0 Å². The van der Waals surface area contributed by atoms with E-state index >= 15 is 0 Å². The van der Waals surface area contributed by atoms with Crippen molar-refractivity contribution in [2.45, 2.75) is 51.6 Å². The topological polar surface area (TPSA) is 86.8 Å². The molecule has 0 spiro atoms. The number of anilines is 1. The molecule has 202 valence electrons. The molecule has 0 fully saturated rings. The van der Waals surface area contributed by atoms with E-state index in [9.17, 15) is 18.0 Å². The van der Waals surface area contributed by atoms with Crippen molar-refractivity contribution in [3.8, 4) is 0 Å². The normalized spacial score (nSPS) is 12.0. The molecule has 1 N–H and O–H groups in total. The first kappa shape index (κ1) is 29.4. The minimum absolute atomic E-state index is 0.0842. The lowest BCUT2D eigenvalue weighted by Crippen LogP contribution is -2.51. The standard InChI is InChI=1S/C29H34BrN3O4S/c1-5-16-31-29(35)23(4)32(19-24-10-9-11-25(30)18-24)28(34)20-33(27-17-21(2)14-15-22(27)3)38(36,37)26-12-7-6-8-13-26/h6-15,17-18,23H,5,16,19-20H2,1-4H3,(H,31,35)/t23-/m0/s1. The van der Waals surface area contributed by atoms with E-state index in [0.29, 0.717) is 12.2 Å². The van der Waals surface area contributed by atoms with Crippen LogP contribution in [0, 0.1) is 13.8 Å². The van der Waals surface area contributed by atoms with Crippen molar-refractivity contribution in [2.75, 3.05) is 17.4 Å². The number of halogens is 1. The average molecular weight is 601 g/mol. The first-order valence-corrected chi connectivity index (χ1v) is 14.7. The van der Waals surface area contributed by atoms with Gasteiger partial charge in [-0.2, -0.15) is 0 Å². The Morgan fingerprint density at radius 2 is 1.68 bits per heavy atom. The number of rotatable bonds is 11. The number of amides is 2. The highest BCUT2D eigenvalue weighted by atomic mass is 79.9. The number of hydrogen-bond donors (Lipinski definition) is 1. The van der Waals surface area contributed by atoms with Crippen LogP contribution in [0.2, 0.25) is 0 Å². The van der Waals surface area contributed by atoms with Gasteiger partial charge < -0.3 is 10.2 Å². The Labute approximate surface area is 234 Å². The van der Waals surface area contributed by atoms with Crippen LogP contribution < -0.4 is 9.62 Å². The first-order valence-electron chi connectivity index (χ1n) is 12.5. The van der Waals surface area contributed by atoms with Gasteiger partial charge >= 0.3 is 0 Å². The molecule has 38 heavy (non-hydrogen) atoms. The molecule has 0 aliphatic heterocycles. The lowest BCUT2D eigenvalue weighted by Gasteiger charge is -2.32. The Balaban J connectivity index is 2.05. The van der Waals surface area contributed by atoms with Crippen molar-refractivity contribution < 1.29 is 18.0 Å². The van der Waals surface area contributed by atoms with Gasteiger partial charge in [-0.3, -0.25) is 13.9 Å². The second-order valence-corrected chi connectivity index (χ2v) is 12.0. The Morgan fingerprint density at radius 3 is 2.34 bits per heavy atom. The second-order valence-electron chi connectivity index (χ2n) is 9.23. The maximum absolute atomic E-state index is 13.9. The van der Waals surface area contributed by atoms with Crippen molar-refractivity contribution >= 4 is 43.5 Å². The molecule has 0 unspecified atom stereocenters. The van der Waals surface area contributed by atoms with Gasteiger partial charge in [0.1, 0.15) is 12.6 Å². The summed E-state index contributed by atoms with van der Waals surface area (Å²) in [5, 5.41) is 2.85. The van der Waals surface area contributed by atoms with Gasteiger partial charge in [-0.1, -0.05) is 65.3 Å². The molecule has 0 saturated heterocycles. The molecule has 2 amide bonds. The van der Waals surface area contributed by atoms with Gasteiger partial charge in [0.25, 0.3) is 10.0 Å². The summed E-state index contributed by atoms with van der Waals surface area (Å²) in [6.07, 6.45) is 0.758. The maximum atomic E-state index is 13.9. The molecule has 7 nitrogen and oxygen atoms in total. The lowest BCUT2D eigenvalue weighted by atomic mass is 10.1. The largest absolute Gasteiger partial charge is 0.354 e. The summed E-state index contributed by atoms with van der Waals surface area (Å²) in [6.45, 7) is 7.47. The van der Waals surface area contributed by atoms with Crippen molar-refractivity contribution in [2.24, 2.45) is 0 Å². The van der Waals surface area contributed by atoms with Crippen LogP contribution in [0.25, 0.3) is 0 Å². The van der Waals surface area contributed by atoms with Crippen LogP contribution in [0.15, 0.2) is 82.2 Å². The molecular weight excluding hydrogens is 566 g/mol. The molecule has 0 aliphatic rings. The van der Waals surface area contributed by atoms with E-state index in [-0.39, 0.29) is 17.3 Å². The van der Waals surface area contributed by atoms with Gasteiger partial charge in [0.15, 0.2) is 0 Å². The van der Waals surface area contributed by atoms with Gasteiger partial charge in [-0.25, -0.2) is 8.42 Å². The average Bonchev–Trinajstić information content (AvgIpc) is 2.90. The predicted molar refractivity (Wildman–Crippen MR) is 154 cm³/mol. The van der Waals surface area contributed by atoms with Crippen LogP contribution in [0.4, 0.5) is 5.69 Å². The Hall–Kier alpha value is -3.17. The number of carbonyl (C=O) groups is 2. The number of sulfonamides is 1. The SMILES string of the molecule is CCCNC(=O)[C@H](C)N(Cc1cccc(Br)c1)C(=O)CN(c1cc(C)ccc1C)S(=O)(=O)c1ccccc1. The maximum Gasteiger partial charge on any atom is 0.264 e. The summed E-state index contributed by atoms with van der Waals surface area (Å²) >= 11 is 3.46. The molecule has 1 atom stereocenters. The molecule has 3 aromatic carbocycles. The summed E-state index contributed by atoms with van der Waals surface area (Å²) < 4.78 is 29.7. The fraction of sp³-hybridized carbons (Fsp3) is 0.310. The van der Waals surface area contributed by atoms with Gasteiger partial charge in [0.05, 0.1) is 10.6 Å². The highest BCUT2D eigenvalue weighted by Crippen LogP contribution is 2.28. The number of nitrogens with zero attached hydrogens (tertiary/aromatic N) is 2. The molecule has 0 aliphatic carbocycles. The Bertz CT molecular complexity index is 1380. The predicted octanol–water partition coefficient (Wildman–Crippen LogP) is 5.20. The van der Waals surface area contributed by atoms with E-state index in [4.69, 9.17) is 0 Å². The summed E-state index contributed by atoms with van der Waals surface area (Å²) in [5.74, 6) is -0.774. The third-order valence-corrected chi connectivity index (χ3v) is 8.47. The van der Waals surface area contributed by atoms with E-state index in [1.165, 1.54) is 17.0 Å². The summed E-state index contributed by atoms with van der Waals surface area (Å²) in [5.41, 5.74) is 2.82. The number of hydrogen-bond acceptors (Lipinski definition) is 4. The molecule has 3 aromatic rings. The number of aryl methyl sites for hydroxylation is 2. The summed E-state index contributed by atoms with van der Waals surface area (Å²) in [6, 6.07) is 20.2. The number of benzene rings is 3. The molecule has 0 heterocycles. The zero-order chi connectivity index (χ0) is 27.9. The Morgan fingerprint density at radius 1 is 0.974 bits per heavy atom. The Kier molecular flexibility index (Phi) is 10.1. The van der Waals surface area contributed by atoms with Gasteiger partial charge in [-0.15, -0.1) is 0 Å². The number of nitrogens with one attached hydrogen (secondary N) is 1. The first-order chi connectivity index (χ1) is 18.0. The highest BCUT2D eigenvalue weighted by Gasteiger charge is 2.33. The fourth-order valence-corrected chi connectivity index (χ4v) is 5.97. The minimum atomic E-state index is -4.08. The van der Waals surface area contributed by atoms with Crippen LogP contribution in [0.5, 0.6) is 0 Å². The van der Waals surface area contributed by atoms with Gasteiger partial charge in [0.2, 0.25) is 11.8 Å². The highest BCUT2D eigenvalue weighted by molar-refractivity contribution is 9.10. The van der Waals surface area contributed by atoms with Crippen molar-refractivity contribution in [3.63, 3.8) is 0 Å². The van der Waals surface area contributed by atoms with Crippen molar-refractivity contribution in [3.05, 3.63) is 94.0 Å². The molecular formula is C29H34BrN3O4S. The fourth-order valence-electron chi connectivity index (χ4n) is 4.03. The zero-order valence-corrected chi connectivity index (χ0v) is 24.6. The van der Waals surface area contributed by atoms with Crippen molar-refractivity contribution in [1.29, 1.82) is 0 Å². The third kappa shape index (κ3) is 7.23. The summed E-state index contributed by atoms with van der Waals surface area (Å²) in [7, 11) is -4.08. The molecule has 0 radical (unpaired) electrons. The van der Waals surface area contributed by atoms with Crippen LogP contribution >= 0.6 is 15.9 Å². The molecule has 0 aromatic heterocycles. The monoisotopic (exact) mass is 599 g/mol.